The molecule has 3 nitrogen and oxygen atoms in total. The van der Waals surface area contributed by atoms with Gasteiger partial charge in [-0.25, -0.2) is 0 Å². The van der Waals surface area contributed by atoms with Gasteiger partial charge in [0.2, 0.25) is 0 Å². The van der Waals surface area contributed by atoms with Crippen LogP contribution in [0.4, 0.5) is 0 Å². The second kappa shape index (κ2) is 4.84. The number of methoxy groups -OCH3 is 1. The molecule has 0 saturated heterocycles. The molecule has 0 amide bonds. The maximum atomic E-state index is 5.48. The van der Waals surface area contributed by atoms with Crippen molar-refractivity contribution >= 4 is 0 Å². The molecule has 0 atom stereocenters. The van der Waals surface area contributed by atoms with Crippen LogP contribution in [0.25, 0.3) is 0 Å². The van der Waals surface area contributed by atoms with Gasteiger partial charge in [-0.05, 0) is 24.7 Å². The molecule has 1 aromatic rings. The molecule has 1 rings (SSSR count). The van der Waals surface area contributed by atoms with Crippen LogP contribution in [0.15, 0.2) is 24.3 Å². The lowest BCUT2D eigenvalue weighted by molar-refractivity contribution is 0.337. The lowest BCUT2D eigenvalue weighted by Crippen LogP contribution is -2.24. The Morgan fingerprint density at radius 1 is 1.31 bits per heavy atom. The van der Waals surface area contributed by atoms with Crippen LogP contribution in [0.1, 0.15) is 5.56 Å². The fraction of sp³-hybridized carbons (Fsp3) is 0.400. The molecule has 0 aliphatic rings. The summed E-state index contributed by atoms with van der Waals surface area (Å²) in [7, 11) is 3.66. The number of ether oxygens (including phenoxy) is 1. The highest BCUT2D eigenvalue weighted by Gasteiger charge is 1.97. The molecule has 13 heavy (non-hydrogen) atoms. The summed E-state index contributed by atoms with van der Waals surface area (Å²) in [6.07, 6.45) is 0. The van der Waals surface area contributed by atoms with Gasteiger partial charge in [0.25, 0.3) is 0 Å². The maximum Gasteiger partial charge on any atom is 0.118 e. The Bertz CT molecular complexity index is 246. The number of rotatable bonds is 4. The fourth-order valence-electron chi connectivity index (χ4n) is 1.11. The third-order valence-electron chi connectivity index (χ3n) is 1.92. The number of benzene rings is 1. The zero-order valence-corrected chi connectivity index (χ0v) is 8.16. The van der Waals surface area contributed by atoms with Gasteiger partial charge in [-0.2, -0.15) is 0 Å². The van der Waals surface area contributed by atoms with Crippen molar-refractivity contribution in [2.45, 2.75) is 6.54 Å². The minimum Gasteiger partial charge on any atom is -0.497 e. The van der Waals surface area contributed by atoms with Crippen LogP contribution < -0.4 is 10.5 Å². The average Bonchev–Trinajstić information content (AvgIpc) is 2.19. The highest BCUT2D eigenvalue weighted by atomic mass is 16.5. The molecule has 0 radical (unpaired) electrons. The van der Waals surface area contributed by atoms with Gasteiger partial charge in [0, 0.05) is 13.2 Å². The van der Waals surface area contributed by atoms with Gasteiger partial charge in [0.1, 0.15) is 5.75 Å². The smallest absolute Gasteiger partial charge is 0.118 e. The molecule has 0 fully saturated rings. The van der Waals surface area contributed by atoms with Crippen molar-refractivity contribution in [2.75, 3.05) is 20.8 Å². The van der Waals surface area contributed by atoms with Crippen LogP contribution in [0, 0.1) is 0 Å². The van der Waals surface area contributed by atoms with E-state index in [1.807, 2.05) is 36.2 Å². The summed E-state index contributed by atoms with van der Waals surface area (Å²) in [6, 6.07) is 8.01. The van der Waals surface area contributed by atoms with Crippen molar-refractivity contribution < 1.29 is 4.74 Å². The average molecular weight is 180 g/mol. The minimum absolute atomic E-state index is 0.575. The molecule has 0 heterocycles. The van der Waals surface area contributed by atoms with E-state index in [2.05, 4.69) is 0 Å². The fourth-order valence-corrected chi connectivity index (χ4v) is 1.11. The van der Waals surface area contributed by atoms with Gasteiger partial charge >= 0.3 is 0 Å². The summed E-state index contributed by atoms with van der Waals surface area (Å²) < 4.78 is 5.06. The van der Waals surface area contributed by atoms with Crippen LogP contribution in [0.3, 0.4) is 0 Å². The first kappa shape index (κ1) is 10.0. The van der Waals surface area contributed by atoms with Crippen LogP contribution >= 0.6 is 0 Å². The quantitative estimate of drug-likeness (QED) is 0.704. The second-order valence-corrected chi connectivity index (χ2v) is 3.04. The first-order valence-corrected chi connectivity index (χ1v) is 4.28. The predicted molar refractivity (Wildman–Crippen MR) is 53.5 cm³/mol. The summed E-state index contributed by atoms with van der Waals surface area (Å²) in [4.78, 5) is 2.04. The molecule has 2 N–H and O–H groups in total. The topological polar surface area (TPSA) is 38.5 Å². The number of nitrogens with two attached hydrogens (primary N) is 1. The molecular formula is C10H16N2O. The van der Waals surface area contributed by atoms with Crippen LogP contribution in [0.5, 0.6) is 5.75 Å². The van der Waals surface area contributed by atoms with E-state index in [0.29, 0.717) is 6.67 Å². The number of hydrogen-bond acceptors (Lipinski definition) is 3. The van der Waals surface area contributed by atoms with E-state index in [9.17, 15) is 0 Å². The number of nitrogens with zero attached hydrogens (tertiary/aromatic N) is 1. The molecule has 0 aliphatic heterocycles. The summed E-state index contributed by atoms with van der Waals surface area (Å²) in [5.74, 6) is 0.888. The molecule has 3 heteroatoms. The first-order chi connectivity index (χ1) is 6.26. The van der Waals surface area contributed by atoms with Crippen molar-refractivity contribution in [2.24, 2.45) is 5.73 Å². The third kappa shape index (κ3) is 3.05. The minimum atomic E-state index is 0.575. The Kier molecular flexibility index (Phi) is 3.73. The van der Waals surface area contributed by atoms with Crippen LogP contribution in [0.2, 0.25) is 0 Å². The van der Waals surface area contributed by atoms with E-state index in [4.69, 9.17) is 10.5 Å². The Morgan fingerprint density at radius 3 is 2.38 bits per heavy atom. The molecule has 72 valence electrons. The lowest BCUT2D eigenvalue weighted by Gasteiger charge is -2.13. The molecule has 0 aromatic heterocycles. The van der Waals surface area contributed by atoms with E-state index >= 15 is 0 Å². The van der Waals surface area contributed by atoms with Crippen molar-refractivity contribution in [3.8, 4) is 5.75 Å². The van der Waals surface area contributed by atoms with Gasteiger partial charge in [-0.15, -0.1) is 0 Å². The van der Waals surface area contributed by atoms with Gasteiger partial charge in [0.15, 0.2) is 0 Å². The van der Waals surface area contributed by atoms with E-state index < -0.39 is 0 Å². The second-order valence-electron chi connectivity index (χ2n) is 3.04. The summed E-state index contributed by atoms with van der Waals surface area (Å²) >= 11 is 0. The maximum absolute atomic E-state index is 5.48. The molecule has 0 aliphatic carbocycles. The zero-order chi connectivity index (χ0) is 9.68. The zero-order valence-electron chi connectivity index (χ0n) is 8.16. The van der Waals surface area contributed by atoms with Crippen LogP contribution in [-0.4, -0.2) is 25.7 Å². The summed E-state index contributed by atoms with van der Waals surface area (Å²) in [5, 5.41) is 0. The van der Waals surface area contributed by atoms with E-state index in [1.165, 1.54) is 5.56 Å². The molecule has 0 saturated carbocycles. The van der Waals surface area contributed by atoms with Crippen molar-refractivity contribution in [1.29, 1.82) is 0 Å². The predicted octanol–water partition coefficient (Wildman–Crippen LogP) is 1.04. The van der Waals surface area contributed by atoms with E-state index in [1.54, 1.807) is 7.11 Å². The standard InChI is InChI=1S/C10H16N2O/c1-12(8-11)7-9-3-5-10(13-2)6-4-9/h3-6H,7-8,11H2,1-2H3. The highest BCUT2D eigenvalue weighted by molar-refractivity contribution is 5.26. The summed E-state index contributed by atoms with van der Waals surface area (Å²) in [6.45, 7) is 1.45. The van der Waals surface area contributed by atoms with Crippen molar-refractivity contribution in [1.82, 2.24) is 4.90 Å². The third-order valence-corrected chi connectivity index (χ3v) is 1.92. The Hall–Kier alpha value is -1.06. The van der Waals surface area contributed by atoms with Crippen LogP contribution in [-0.2, 0) is 6.54 Å². The van der Waals surface area contributed by atoms with Gasteiger partial charge in [-0.3, -0.25) is 4.90 Å². The number of hydrogen-bond donors (Lipinski definition) is 1. The summed E-state index contributed by atoms with van der Waals surface area (Å²) in [5.41, 5.74) is 6.72. The normalized spacial score (nSPS) is 10.5. The van der Waals surface area contributed by atoms with Gasteiger partial charge in [0.05, 0.1) is 7.11 Å². The molecule has 0 unspecified atom stereocenters. The van der Waals surface area contributed by atoms with Gasteiger partial charge < -0.3 is 10.5 Å². The Morgan fingerprint density at radius 2 is 1.92 bits per heavy atom. The van der Waals surface area contributed by atoms with Crippen molar-refractivity contribution in [3.63, 3.8) is 0 Å². The Balaban J connectivity index is 2.58. The molecule has 0 spiro atoms. The molecule has 1 aromatic carbocycles. The highest BCUT2D eigenvalue weighted by Crippen LogP contribution is 2.11. The first-order valence-electron chi connectivity index (χ1n) is 4.28. The monoisotopic (exact) mass is 180 g/mol. The lowest BCUT2D eigenvalue weighted by atomic mass is 10.2. The molecule has 0 bridgehead atoms. The van der Waals surface area contributed by atoms with E-state index in [0.717, 1.165) is 12.3 Å². The SMILES string of the molecule is COc1ccc(CN(C)CN)cc1. The molecular weight excluding hydrogens is 164 g/mol. The largest absolute Gasteiger partial charge is 0.497 e. The van der Waals surface area contributed by atoms with Gasteiger partial charge in [-0.1, -0.05) is 12.1 Å². The van der Waals surface area contributed by atoms with E-state index in [-0.39, 0.29) is 0 Å². The Labute approximate surface area is 79.1 Å². The van der Waals surface area contributed by atoms with Crippen molar-refractivity contribution in [3.05, 3.63) is 29.8 Å².